The second kappa shape index (κ2) is 13.0. The van der Waals surface area contributed by atoms with Crippen molar-refractivity contribution in [3.05, 3.63) is 162 Å². The van der Waals surface area contributed by atoms with Gasteiger partial charge in [0.25, 0.3) is 0 Å². The average molecular weight is 559 g/mol. The van der Waals surface area contributed by atoms with Gasteiger partial charge >= 0.3 is 26.2 Å². The third-order valence-electron chi connectivity index (χ3n) is 5.44. The third-order valence-corrected chi connectivity index (χ3v) is 6.32. The van der Waals surface area contributed by atoms with E-state index in [-0.39, 0.29) is 26.2 Å². The van der Waals surface area contributed by atoms with Crippen LogP contribution in [0.3, 0.4) is 0 Å². The van der Waals surface area contributed by atoms with Gasteiger partial charge in [0.1, 0.15) is 0 Å². The van der Waals surface area contributed by atoms with E-state index in [1.165, 1.54) is 22.3 Å². The van der Waals surface area contributed by atoms with E-state index < -0.39 is 4.33 Å². The number of hydrogen-bond donors (Lipinski definition) is 0. The number of halogens is 2. The molecule has 0 aromatic heterocycles. The molecule has 0 fully saturated rings. The maximum Gasteiger partial charge on any atom is 2.00 e. The Morgan fingerprint density at radius 2 is 1.15 bits per heavy atom. The SMILES string of the molecule is ClC(Cl)(c1ccccc1)c1ccccc1.[Zr+2].[c-]1cccc2c1Cc1ccccc1-2.c1cc[cH-]c1. The van der Waals surface area contributed by atoms with E-state index in [2.05, 4.69) is 42.5 Å². The third kappa shape index (κ3) is 6.64. The molecule has 0 spiro atoms. The van der Waals surface area contributed by atoms with Crippen LogP contribution in [0.1, 0.15) is 22.3 Å². The van der Waals surface area contributed by atoms with Crippen LogP contribution in [0, 0.1) is 6.07 Å². The number of benzene rings is 4. The second-order valence-corrected chi connectivity index (χ2v) is 8.99. The van der Waals surface area contributed by atoms with Crippen molar-refractivity contribution < 1.29 is 26.2 Å². The second-order valence-electron chi connectivity index (χ2n) is 7.66. The molecule has 0 heterocycles. The molecular weight excluding hydrogens is 534 g/mol. The van der Waals surface area contributed by atoms with Gasteiger partial charge in [-0.2, -0.15) is 48.0 Å². The van der Waals surface area contributed by atoms with Crippen molar-refractivity contribution in [2.45, 2.75) is 10.8 Å². The predicted molar refractivity (Wildman–Crippen MR) is 141 cm³/mol. The number of alkyl halides is 2. The Morgan fingerprint density at radius 3 is 1.71 bits per heavy atom. The molecule has 5 aromatic carbocycles. The van der Waals surface area contributed by atoms with Crippen molar-refractivity contribution >= 4 is 23.2 Å². The van der Waals surface area contributed by atoms with E-state index >= 15 is 0 Å². The van der Waals surface area contributed by atoms with E-state index in [1.807, 2.05) is 97.1 Å². The van der Waals surface area contributed by atoms with Gasteiger partial charge in [0, 0.05) is 0 Å². The molecule has 0 amide bonds. The molecule has 0 saturated carbocycles. The Kier molecular flexibility index (Phi) is 10.0. The fourth-order valence-corrected chi connectivity index (χ4v) is 4.28. The smallest absolute Gasteiger partial charge is 0.214 e. The summed E-state index contributed by atoms with van der Waals surface area (Å²) < 4.78 is -0.970. The van der Waals surface area contributed by atoms with Crippen LogP contribution in [0.2, 0.25) is 0 Å². The quantitative estimate of drug-likeness (QED) is 0.147. The Bertz CT molecular complexity index is 1140. The molecule has 5 aromatic rings. The van der Waals surface area contributed by atoms with Gasteiger partial charge in [-0.1, -0.05) is 119 Å². The minimum atomic E-state index is -0.970. The van der Waals surface area contributed by atoms with Gasteiger partial charge in [-0.05, 0) is 17.5 Å². The first-order valence-electron chi connectivity index (χ1n) is 10.9. The van der Waals surface area contributed by atoms with E-state index in [1.54, 1.807) is 0 Å². The number of fused-ring (bicyclic) bond motifs is 3. The summed E-state index contributed by atoms with van der Waals surface area (Å²) in [5, 5.41) is 0. The zero-order valence-electron chi connectivity index (χ0n) is 18.7. The largest absolute Gasteiger partial charge is 2.00 e. The first-order chi connectivity index (χ1) is 16.2. The van der Waals surface area contributed by atoms with Crippen LogP contribution in [-0.2, 0) is 37.0 Å². The minimum Gasteiger partial charge on any atom is -0.214 e. The van der Waals surface area contributed by atoms with Crippen molar-refractivity contribution in [2.75, 3.05) is 0 Å². The molecule has 0 nitrogen and oxygen atoms in total. The zero-order chi connectivity index (χ0) is 22.9. The summed E-state index contributed by atoms with van der Waals surface area (Å²) in [7, 11) is 0. The maximum atomic E-state index is 6.35. The fourth-order valence-electron chi connectivity index (χ4n) is 3.78. The summed E-state index contributed by atoms with van der Waals surface area (Å²) in [4.78, 5) is 0. The molecule has 0 saturated heterocycles. The molecule has 1 aliphatic carbocycles. The maximum absolute atomic E-state index is 6.35. The van der Waals surface area contributed by atoms with Crippen LogP contribution in [0.4, 0.5) is 0 Å². The first kappa shape index (κ1) is 26.3. The van der Waals surface area contributed by atoms with E-state index in [0.717, 1.165) is 17.5 Å². The predicted octanol–water partition coefficient (Wildman–Crippen LogP) is 8.83. The molecule has 3 heteroatoms. The van der Waals surface area contributed by atoms with E-state index in [9.17, 15) is 0 Å². The fraction of sp³-hybridized carbons (Fsp3) is 0.0645. The summed E-state index contributed by atoms with van der Waals surface area (Å²) in [5.74, 6) is 0. The molecule has 1 aliphatic rings. The van der Waals surface area contributed by atoms with Crippen LogP contribution < -0.4 is 0 Å². The van der Waals surface area contributed by atoms with Gasteiger partial charge in [-0.25, -0.2) is 12.1 Å². The van der Waals surface area contributed by atoms with Crippen LogP contribution in [0.15, 0.2) is 133 Å². The molecule has 34 heavy (non-hydrogen) atoms. The minimum absolute atomic E-state index is 0. The number of rotatable bonds is 2. The summed E-state index contributed by atoms with van der Waals surface area (Å²) in [6.45, 7) is 0. The topological polar surface area (TPSA) is 0 Å². The molecule has 0 atom stereocenters. The van der Waals surface area contributed by atoms with Gasteiger partial charge < -0.3 is 0 Å². The molecule has 0 N–H and O–H groups in total. The van der Waals surface area contributed by atoms with Gasteiger partial charge in [0.2, 0.25) is 0 Å². The molecule has 166 valence electrons. The van der Waals surface area contributed by atoms with E-state index in [0.29, 0.717) is 0 Å². The Hall–Kier alpha value is -2.31. The molecule has 0 bridgehead atoms. The van der Waals surface area contributed by atoms with E-state index in [4.69, 9.17) is 23.2 Å². The summed E-state index contributed by atoms with van der Waals surface area (Å²) in [6, 6.07) is 47.4. The monoisotopic (exact) mass is 556 g/mol. The van der Waals surface area contributed by atoms with Crippen LogP contribution in [0.25, 0.3) is 11.1 Å². The normalized spacial score (nSPS) is 10.9. The summed E-state index contributed by atoms with van der Waals surface area (Å²) >= 11 is 12.7. The molecule has 0 aliphatic heterocycles. The average Bonchev–Trinajstić information content (AvgIpc) is 3.57. The number of hydrogen-bond acceptors (Lipinski definition) is 0. The molecular formula is C31H24Cl2Zr. The summed E-state index contributed by atoms with van der Waals surface area (Å²) in [6.07, 6.45) is 1.05. The van der Waals surface area contributed by atoms with Gasteiger partial charge in [-0.15, -0.1) is 5.56 Å². The Balaban J connectivity index is 0.000000156. The van der Waals surface area contributed by atoms with Crippen molar-refractivity contribution in [1.29, 1.82) is 0 Å². The standard InChI is InChI=1S/C13H10Cl2.C13H9.C5H5.Zr/c14-13(15,11-7-3-1-4-8-11)12-9-5-2-6-10-12;1-3-7-12-10(5-1)9-11-6-2-4-8-13(11)12;1-2-4-5-3-1;/h1-10H;1-5,7-8H,9H2;1-5H;/q;2*-1;+2. The molecule has 0 radical (unpaired) electrons. The zero-order valence-corrected chi connectivity index (χ0v) is 22.6. The van der Waals surface area contributed by atoms with Gasteiger partial charge in [0.15, 0.2) is 4.33 Å². The van der Waals surface area contributed by atoms with Gasteiger partial charge in [-0.3, -0.25) is 0 Å². The van der Waals surface area contributed by atoms with Crippen LogP contribution in [-0.4, -0.2) is 0 Å². The van der Waals surface area contributed by atoms with Crippen LogP contribution >= 0.6 is 23.2 Å². The molecule has 0 unspecified atom stereocenters. The van der Waals surface area contributed by atoms with Crippen molar-refractivity contribution in [3.8, 4) is 11.1 Å². The Morgan fingerprint density at radius 1 is 0.618 bits per heavy atom. The Labute approximate surface area is 231 Å². The van der Waals surface area contributed by atoms with Crippen LogP contribution in [0.5, 0.6) is 0 Å². The van der Waals surface area contributed by atoms with Gasteiger partial charge in [0.05, 0.1) is 0 Å². The van der Waals surface area contributed by atoms with Crippen molar-refractivity contribution in [3.63, 3.8) is 0 Å². The van der Waals surface area contributed by atoms with Crippen molar-refractivity contribution in [1.82, 2.24) is 0 Å². The first-order valence-corrected chi connectivity index (χ1v) is 11.7. The summed E-state index contributed by atoms with van der Waals surface area (Å²) in [5.41, 5.74) is 7.29. The van der Waals surface area contributed by atoms with Crippen molar-refractivity contribution in [2.24, 2.45) is 0 Å². The molecule has 6 rings (SSSR count).